The van der Waals surface area contributed by atoms with Gasteiger partial charge in [0, 0.05) is 76.2 Å². The Hall–Kier alpha value is -13.1. The molecule has 1 atom stereocenters. The summed E-state index contributed by atoms with van der Waals surface area (Å²) in [5.74, 6) is 0.542. The normalized spacial score (nSPS) is 13.0. The van der Waals surface area contributed by atoms with Crippen LogP contribution in [0.25, 0.3) is 181 Å². The number of rotatable bonds is 5. The van der Waals surface area contributed by atoms with Gasteiger partial charge in [-0.25, -0.2) is 9.97 Å². The van der Waals surface area contributed by atoms with Gasteiger partial charge in [0.15, 0.2) is 11.2 Å². The molecule has 0 aliphatic heterocycles. The molecule has 468 valence electrons. The van der Waals surface area contributed by atoms with Crippen molar-refractivity contribution in [3.8, 4) is 28.2 Å². The minimum absolute atomic E-state index is 0.542. The number of hydrogen-bond acceptors (Lipinski definition) is 4. The van der Waals surface area contributed by atoms with Crippen LogP contribution in [0.15, 0.2) is 356 Å². The highest BCUT2D eigenvalue weighted by molar-refractivity contribution is 6.24. The Morgan fingerprint density at radius 2 is 0.818 bits per heavy atom. The molecule has 0 saturated heterocycles. The van der Waals surface area contributed by atoms with E-state index in [1.807, 2.05) is 36.4 Å². The maximum absolute atomic E-state index is 7.03. The Morgan fingerprint density at radius 3 is 1.38 bits per heavy atom. The second-order valence-electron chi connectivity index (χ2n) is 25.3. The van der Waals surface area contributed by atoms with E-state index in [-0.39, 0.29) is 0 Å². The van der Waals surface area contributed by atoms with E-state index in [0.29, 0.717) is 5.92 Å². The molecule has 1 aliphatic rings. The number of allylic oxidation sites excluding steroid dienone is 7. The topological polar surface area (TPSA) is 66.8 Å². The summed E-state index contributed by atoms with van der Waals surface area (Å²) in [6, 6.07) is 101. The molecule has 0 saturated carbocycles. The van der Waals surface area contributed by atoms with Crippen LogP contribution in [0, 0.1) is 5.92 Å². The summed E-state index contributed by atoms with van der Waals surface area (Å²) < 4.78 is 20.7. The van der Waals surface area contributed by atoms with Crippen molar-refractivity contribution in [3.63, 3.8) is 0 Å². The largest absolute Gasteiger partial charge is 0.453 e. The summed E-state index contributed by atoms with van der Waals surface area (Å²) >= 11 is 0. The molecule has 1 aliphatic carbocycles. The first-order valence-corrected chi connectivity index (χ1v) is 33.5. The van der Waals surface area contributed by atoms with Crippen LogP contribution in [-0.2, 0) is 0 Å². The third-order valence-electron chi connectivity index (χ3n) is 19.6. The lowest BCUT2D eigenvalue weighted by Gasteiger charge is -2.17. The summed E-state index contributed by atoms with van der Waals surface area (Å²) in [6.07, 6.45) is 11.5. The van der Waals surface area contributed by atoms with Crippen molar-refractivity contribution in [2.24, 2.45) is 5.92 Å². The van der Waals surface area contributed by atoms with Crippen LogP contribution in [0.1, 0.15) is 6.92 Å². The van der Waals surface area contributed by atoms with Crippen LogP contribution in [0.2, 0.25) is 0 Å². The van der Waals surface area contributed by atoms with Crippen LogP contribution >= 0.6 is 0 Å². The lowest BCUT2D eigenvalue weighted by Crippen LogP contribution is -2.00. The predicted octanol–water partition coefficient (Wildman–Crippen LogP) is 25.2. The van der Waals surface area contributed by atoms with Crippen molar-refractivity contribution in [1.82, 2.24) is 23.7 Å². The first kappa shape index (κ1) is 58.5. The Labute approximate surface area is 569 Å². The monoisotopic (exact) mass is 1270 g/mol. The number of pyridine rings is 2. The third-order valence-corrected chi connectivity index (χ3v) is 19.6. The van der Waals surface area contributed by atoms with Gasteiger partial charge in [-0.05, 0) is 118 Å². The Kier molecular flexibility index (Phi) is 14.2. The van der Waals surface area contributed by atoms with E-state index in [2.05, 4.69) is 313 Å². The standard InChI is InChI=1S/C49H29N3O.C31H18N2O.C8H10.C4H6/c1-2-14-34-30(13-1)25-26-40-47-49(53-48(34)40)46(39-19-3-8-20-41(39)50-47)31-27-32(51-42-21-9-4-15-35(42)36-16-5-10-22-43(36)51)29-33(28-31)52-44-23-11-6-17-37(44)38-18-7-12-24-45(38)52;1-2-10-20-19(9-1)17-18-26-28(20)22-12-4-7-15-25(22)33(26)30-21-11-3-6-14-24(21)32-29-23-13-5-8-16-27(23)34-31(29)30;1-7-5-3-4-6-8(7)2;1-3-4-2/h1-29H;1-18H;3-6,8H,1H2,2H3;3-4H,1-2H2. The molecule has 0 bridgehead atoms. The zero-order valence-corrected chi connectivity index (χ0v) is 54.4. The van der Waals surface area contributed by atoms with Gasteiger partial charge in [0.25, 0.3) is 0 Å². The van der Waals surface area contributed by atoms with Crippen molar-refractivity contribution in [1.29, 1.82) is 0 Å². The molecule has 13 aromatic carbocycles. The zero-order valence-electron chi connectivity index (χ0n) is 54.4. The van der Waals surface area contributed by atoms with E-state index < -0.39 is 0 Å². The Balaban J connectivity index is 0.000000131. The van der Waals surface area contributed by atoms with Crippen molar-refractivity contribution in [2.75, 3.05) is 0 Å². The smallest absolute Gasteiger partial charge is 0.178 e. The number of para-hydroxylation sites is 8. The summed E-state index contributed by atoms with van der Waals surface area (Å²) in [4.78, 5) is 10.3. The Morgan fingerprint density at radius 1 is 0.364 bits per heavy atom. The molecular formula is C92H63N5O2. The van der Waals surface area contributed by atoms with E-state index in [0.717, 1.165) is 116 Å². The second kappa shape index (κ2) is 24.0. The molecule has 0 spiro atoms. The molecule has 0 amide bonds. The van der Waals surface area contributed by atoms with Gasteiger partial charge >= 0.3 is 0 Å². The number of fused-ring (bicyclic) bond motifs is 21. The summed E-state index contributed by atoms with van der Waals surface area (Å²) in [5, 5.41) is 16.3. The first-order valence-electron chi connectivity index (χ1n) is 33.5. The van der Waals surface area contributed by atoms with Gasteiger partial charge in [-0.15, -0.1) is 0 Å². The van der Waals surface area contributed by atoms with E-state index >= 15 is 0 Å². The lowest BCUT2D eigenvalue weighted by molar-refractivity contribution is 0.666. The molecule has 0 N–H and O–H groups in total. The highest BCUT2D eigenvalue weighted by Gasteiger charge is 2.25. The average Bonchev–Trinajstić information content (AvgIpc) is 1.58. The molecule has 7 nitrogen and oxygen atoms in total. The maximum atomic E-state index is 7.03. The number of hydrogen-bond donors (Lipinski definition) is 0. The van der Waals surface area contributed by atoms with Gasteiger partial charge in [0.2, 0.25) is 0 Å². The molecular weight excluding hydrogens is 1210 g/mol. The molecule has 7 aromatic heterocycles. The zero-order chi connectivity index (χ0) is 66.2. The fraction of sp³-hybridized carbons (Fsp3) is 0.0217. The highest BCUT2D eigenvalue weighted by atomic mass is 16.3. The van der Waals surface area contributed by atoms with Crippen LogP contribution in [-0.4, -0.2) is 23.7 Å². The van der Waals surface area contributed by atoms with E-state index in [1.165, 1.54) is 70.7 Å². The van der Waals surface area contributed by atoms with Gasteiger partial charge < -0.3 is 22.5 Å². The maximum Gasteiger partial charge on any atom is 0.178 e. The molecule has 0 radical (unpaired) electrons. The molecule has 99 heavy (non-hydrogen) atoms. The average molecular weight is 1270 g/mol. The lowest BCUT2D eigenvalue weighted by atomic mass is 9.98. The minimum atomic E-state index is 0.542. The predicted molar refractivity (Wildman–Crippen MR) is 418 cm³/mol. The SMILES string of the molecule is C=C1C=CC=CC1C.C=CC=C.c1ccc2c(c1)ccc1c2c2ccccc2n1-c1c2ccccc2nc2c1oc1ccccc12.c1ccc2c(c1)ccc1c3nc4ccccc4c(-c4cc(-n5c6ccccc6c6ccccc65)cc(-n5c6ccccc6c6ccccc65)c4)c3oc21. The van der Waals surface area contributed by atoms with Gasteiger partial charge in [-0.3, -0.25) is 0 Å². The highest BCUT2D eigenvalue weighted by Crippen LogP contribution is 2.46. The Bertz CT molecular complexity index is 6530. The van der Waals surface area contributed by atoms with E-state index in [1.54, 1.807) is 12.2 Å². The quantitative estimate of drug-likeness (QED) is 0.161. The van der Waals surface area contributed by atoms with Crippen LogP contribution in [0.3, 0.4) is 0 Å². The van der Waals surface area contributed by atoms with Crippen LogP contribution in [0.5, 0.6) is 0 Å². The molecule has 21 rings (SSSR count). The molecule has 0 fully saturated rings. The van der Waals surface area contributed by atoms with E-state index in [9.17, 15) is 0 Å². The summed E-state index contributed by atoms with van der Waals surface area (Å²) in [6.45, 7) is 12.7. The van der Waals surface area contributed by atoms with Gasteiger partial charge in [0.05, 0.1) is 44.1 Å². The fourth-order valence-corrected chi connectivity index (χ4v) is 15.0. The van der Waals surface area contributed by atoms with Crippen molar-refractivity contribution < 1.29 is 8.83 Å². The number of benzene rings is 13. The second-order valence-corrected chi connectivity index (χ2v) is 25.3. The van der Waals surface area contributed by atoms with Crippen molar-refractivity contribution in [2.45, 2.75) is 6.92 Å². The van der Waals surface area contributed by atoms with Crippen molar-refractivity contribution >= 4 is 153 Å². The molecule has 7 heterocycles. The van der Waals surface area contributed by atoms with Crippen molar-refractivity contribution in [3.05, 3.63) is 347 Å². The third kappa shape index (κ3) is 9.57. The van der Waals surface area contributed by atoms with Crippen LogP contribution in [0.4, 0.5) is 0 Å². The number of nitrogens with zero attached hydrogens (tertiary/aromatic N) is 5. The van der Waals surface area contributed by atoms with E-state index in [4.69, 9.17) is 18.8 Å². The van der Waals surface area contributed by atoms with Gasteiger partial charge in [0.1, 0.15) is 27.9 Å². The summed E-state index contributed by atoms with van der Waals surface area (Å²) in [5.41, 5.74) is 20.5. The fourth-order valence-electron chi connectivity index (χ4n) is 15.0. The van der Waals surface area contributed by atoms with Gasteiger partial charge in [-0.1, -0.05) is 263 Å². The van der Waals surface area contributed by atoms with Gasteiger partial charge in [-0.2, -0.15) is 0 Å². The molecule has 1 unspecified atom stereocenters. The number of furan rings is 2. The minimum Gasteiger partial charge on any atom is -0.453 e. The first-order chi connectivity index (χ1) is 48.9. The summed E-state index contributed by atoms with van der Waals surface area (Å²) in [7, 11) is 0. The number of aromatic nitrogens is 5. The molecule has 20 aromatic rings. The molecule has 7 heteroatoms. The van der Waals surface area contributed by atoms with Crippen LogP contribution < -0.4 is 0 Å².